The van der Waals surface area contributed by atoms with Gasteiger partial charge < -0.3 is 39.4 Å². The lowest BCUT2D eigenvalue weighted by Gasteiger charge is -2.50. The Morgan fingerprint density at radius 2 is 1.95 bits per heavy atom. The SMILES string of the molecule is COC(=O)c1ccc(N(Cc2nnn(C)n2)[C@H]2c3cc(N)ccc3O[C@](C)(C(OC)OC)[C@@H]2O)c(OC)c1. The first kappa shape index (κ1) is 27.1. The number of carbonyl (C=O) groups excluding carboxylic acids is 1. The van der Waals surface area contributed by atoms with Gasteiger partial charge in [0.05, 0.1) is 45.1 Å². The third-order valence-electron chi connectivity index (χ3n) is 6.57. The van der Waals surface area contributed by atoms with E-state index in [-0.39, 0.29) is 6.54 Å². The number of ether oxygens (including phenoxy) is 5. The molecule has 0 saturated carbocycles. The van der Waals surface area contributed by atoms with Gasteiger partial charge in [-0.25, -0.2) is 4.79 Å². The molecule has 1 aliphatic rings. The van der Waals surface area contributed by atoms with Crippen LogP contribution in [0.1, 0.15) is 34.7 Å². The number of methoxy groups -OCH3 is 4. The average molecular weight is 529 g/mol. The van der Waals surface area contributed by atoms with E-state index in [1.807, 2.05) is 4.90 Å². The number of rotatable bonds is 9. The molecule has 0 bridgehead atoms. The van der Waals surface area contributed by atoms with Crippen molar-refractivity contribution in [3.63, 3.8) is 0 Å². The van der Waals surface area contributed by atoms with Gasteiger partial charge in [-0.15, -0.1) is 10.2 Å². The standard InChI is InChI=1S/C25H32N6O7/c1-25(24(36-5)37-6)22(32)21(16-12-15(26)8-10-18(16)38-25)31(13-20-27-29-30(2)28-20)17-9-7-14(23(33)35-4)11-19(17)34-3/h7-12,21-22,24,32H,13,26H2,1-6H3/t21-,22+,25-/m0/s1. The van der Waals surface area contributed by atoms with Crippen molar-refractivity contribution in [3.05, 3.63) is 53.3 Å². The molecular weight excluding hydrogens is 496 g/mol. The van der Waals surface area contributed by atoms with Gasteiger partial charge >= 0.3 is 5.97 Å². The molecule has 1 aromatic heterocycles. The summed E-state index contributed by atoms with van der Waals surface area (Å²) in [6.45, 7) is 1.82. The topological polar surface area (TPSA) is 156 Å². The van der Waals surface area contributed by atoms with Crippen molar-refractivity contribution in [2.24, 2.45) is 7.05 Å². The Morgan fingerprint density at radius 3 is 2.55 bits per heavy atom. The van der Waals surface area contributed by atoms with Crippen LogP contribution in [0, 0.1) is 0 Å². The Morgan fingerprint density at radius 1 is 1.21 bits per heavy atom. The van der Waals surface area contributed by atoms with E-state index in [0.717, 1.165) is 0 Å². The predicted molar refractivity (Wildman–Crippen MR) is 136 cm³/mol. The van der Waals surface area contributed by atoms with Gasteiger partial charge in [0.15, 0.2) is 17.7 Å². The summed E-state index contributed by atoms with van der Waals surface area (Å²) >= 11 is 0. The predicted octanol–water partition coefficient (Wildman–Crippen LogP) is 1.47. The van der Waals surface area contributed by atoms with Crippen molar-refractivity contribution < 1.29 is 33.6 Å². The number of aliphatic hydroxyl groups excluding tert-OH is 1. The molecule has 2 aromatic carbocycles. The van der Waals surface area contributed by atoms with Crippen molar-refractivity contribution in [2.45, 2.75) is 37.5 Å². The molecule has 13 nitrogen and oxygen atoms in total. The Balaban J connectivity index is 1.94. The van der Waals surface area contributed by atoms with Gasteiger partial charge in [0.25, 0.3) is 0 Å². The fourth-order valence-electron chi connectivity index (χ4n) is 4.79. The van der Waals surface area contributed by atoms with Crippen molar-refractivity contribution in [2.75, 3.05) is 39.1 Å². The van der Waals surface area contributed by atoms with Crippen LogP contribution in [0.5, 0.6) is 11.5 Å². The number of hydrogen-bond donors (Lipinski definition) is 2. The van der Waals surface area contributed by atoms with E-state index in [9.17, 15) is 9.90 Å². The van der Waals surface area contributed by atoms with Crippen molar-refractivity contribution in [3.8, 4) is 11.5 Å². The lowest BCUT2D eigenvalue weighted by molar-refractivity contribution is -0.237. The van der Waals surface area contributed by atoms with Gasteiger partial charge in [0.1, 0.15) is 17.6 Å². The van der Waals surface area contributed by atoms with E-state index >= 15 is 0 Å². The van der Waals surface area contributed by atoms with Crippen LogP contribution in [0.3, 0.4) is 0 Å². The summed E-state index contributed by atoms with van der Waals surface area (Å²) in [5.41, 5.74) is 6.76. The molecule has 3 atom stereocenters. The summed E-state index contributed by atoms with van der Waals surface area (Å²) in [5.74, 6) is 0.709. The number of fused-ring (bicyclic) bond motifs is 1. The summed E-state index contributed by atoms with van der Waals surface area (Å²) in [7, 11) is 7.39. The lowest BCUT2D eigenvalue weighted by atomic mass is 9.83. The van der Waals surface area contributed by atoms with Crippen LogP contribution in [-0.2, 0) is 27.8 Å². The molecule has 1 aliphatic heterocycles. The molecule has 2 heterocycles. The molecule has 0 amide bonds. The summed E-state index contributed by atoms with van der Waals surface area (Å²) in [5, 5.41) is 24.4. The maximum Gasteiger partial charge on any atom is 0.337 e. The Labute approximate surface area is 220 Å². The van der Waals surface area contributed by atoms with Crippen LogP contribution in [0.2, 0.25) is 0 Å². The second-order valence-electron chi connectivity index (χ2n) is 8.98. The first-order valence-corrected chi connectivity index (χ1v) is 11.7. The fraction of sp³-hybridized carbons (Fsp3) is 0.440. The van der Waals surface area contributed by atoms with Gasteiger partial charge in [0.2, 0.25) is 0 Å². The monoisotopic (exact) mass is 528 g/mol. The highest BCUT2D eigenvalue weighted by Gasteiger charge is 2.54. The number of carbonyl (C=O) groups is 1. The third-order valence-corrected chi connectivity index (χ3v) is 6.57. The Kier molecular flexibility index (Phi) is 7.71. The number of hydrogen-bond acceptors (Lipinski definition) is 12. The number of nitrogens with two attached hydrogens (primary N) is 1. The molecular formula is C25H32N6O7. The second-order valence-corrected chi connectivity index (χ2v) is 8.98. The van der Waals surface area contributed by atoms with Crippen molar-refractivity contribution >= 4 is 17.3 Å². The molecule has 3 aromatic rings. The third kappa shape index (κ3) is 4.83. The van der Waals surface area contributed by atoms with Gasteiger partial charge in [-0.2, -0.15) is 4.80 Å². The molecule has 0 aliphatic carbocycles. The number of anilines is 2. The molecule has 13 heteroatoms. The van der Waals surface area contributed by atoms with Crippen LogP contribution in [-0.4, -0.2) is 77.7 Å². The van der Waals surface area contributed by atoms with Crippen LogP contribution in [0.15, 0.2) is 36.4 Å². The number of aryl methyl sites for hydroxylation is 1. The minimum absolute atomic E-state index is 0.110. The molecule has 3 N–H and O–H groups in total. The molecule has 204 valence electrons. The van der Waals surface area contributed by atoms with Crippen LogP contribution in [0.25, 0.3) is 0 Å². The van der Waals surface area contributed by atoms with E-state index < -0.39 is 30.0 Å². The Hall–Kier alpha value is -3.94. The maximum absolute atomic E-state index is 12.2. The highest BCUT2D eigenvalue weighted by molar-refractivity contribution is 5.90. The first-order valence-electron chi connectivity index (χ1n) is 11.7. The highest BCUT2D eigenvalue weighted by atomic mass is 16.7. The number of aliphatic hydroxyl groups is 1. The molecule has 0 saturated heterocycles. The van der Waals surface area contributed by atoms with Crippen LogP contribution < -0.4 is 20.1 Å². The highest BCUT2D eigenvalue weighted by Crippen LogP contribution is 2.48. The smallest absolute Gasteiger partial charge is 0.337 e. The van der Waals surface area contributed by atoms with Gasteiger partial charge in [0, 0.05) is 25.5 Å². The number of benzene rings is 2. The molecule has 0 fully saturated rings. The number of tetrazole rings is 1. The zero-order valence-corrected chi connectivity index (χ0v) is 22.1. The van der Waals surface area contributed by atoms with E-state index in [2.05, 4.69) is 15.4 Å². The number of nitrogens with zero attached hydrogens (tertiary/aromatic N) is 5. The van der Waals surface area contributed by atoms with E-state index in [0.29, 0.717) is 39.8 Å². The maximum atomic E-state index is 12.2. The molecule has 0 spiro atoms. The molecule has 4 rings (SSSR count). The molecule has 0 unspecified atom stereocenters. The van der Waals surface area contributed by atoms with Crippen molar-refractivity contribution in [1.29, 1.82) is 0 Å². The van der Waals surface area contributed by atoms with E-state index in [4.69, 9.17) is 29.4 Å². The number of aromatic nitrogens is 4. The fourth-order valence-corrected chi connectivity index (χ4v) is 4.79. The zero-order chi connectivity index (χ0) is 27.6. The minimum Gasteiger partial charge on any atom is -0.495 e. The summed E-state index contributed by atoms with van der Waals surface area (Å²) in [6, 6.07) is 9.29. The van der Waals surface area contributed by atoms with Crippen LogP contribution in [0.4, 0.5) is 11.4 Å². The zero-order valence-electron chi connectivity index (χ0n) is 22.1. The largest absolute Gasteiger partial charge is 0.495 e. The molecule has 0 radical (unpaired) electrons. The van der Waals surface area contributed by atoms with E-state index in [1.54, 1.807) is 50.4 Å². The average Bonchev–Trinajstić information content (AvgIpc) is 3.33. The lowest BCUT2D eigenvalue weighted by Crippen LogP contribution is -2.62. The quantitative estimate of drug-likeness (QED) is 0.235. The number of esters is 1. The van der Waals surface area contributed by atoms with E-state index in [1.165, 1.54) is 33.2 Å². The second kappa shape index (κ2) is 10.8. The van der Waals surface area contributed by atoms with Gasteiger partial charge in [-0.3, -0.25) is 0 Å². The van der Waals surface area contributed by atoms with Gasteiger partial charge in [-0.1, -0.05) is 0 Å². The summed E-state index contributed by atoms with van der Waals surface area (Å²) in [4.78, 5) is 15.4. The summed E-state index contributed by atoms with van der Waals surface area (Å²) < 4.78 is 27.9. The van der Waals surface area contributed by atoms with Crippen molar-refractivity contribution in [1.82, 2.24) is 20.2 Å². The molecule has 38 heavy (non-hydrogen) atoms. The Bertz CT molecular complexity index is 1300. The minimum atomic E-state index is -1.34. The summed E-state index contributed by atoms with van der Waals surface area (Å²) in [6.07, 6.45) is -2.14. The van der Waals surface area contributed by atoms with Crippen LogP contribution >= 0.6 is 0 Å². The first-order chi connectivity index (χ1) is 18.2. The number of nitrogen functional groups attached to an aromatic ring is 1. The van der Waals surface area contributed by atoms with Gasteiger partial charge in [-0.05, 0) is 48.5 Å². The normalized spacial score (nSPS) is 20.5.